The first-order valence-electron chi connectivity index (χ1n) is 10.6. The van der Waals surface area contributed by atoms with Crippen LogP contribution in [0.1, 0.15) is 39.3 Å². The second-order valence-electron chi connectivity index (χ2n) is 7.19. The third kappa shape index (κ3) is 6.93. The molecule has 0 bridgehead atoms. The maximum absolute atomic E-state index is 13.3. The monoisotopic (exact) mass is 424 g/mol. The van der Waals surface area contributed by atoms with Gasteiger partial charge in [0.15, 0.2) is 0 Å². The number of nitrogens with zero attached hydrogens (tertiary/aromatic N) is 2. The van der Waals surface area contributed by atoms with E-state index in [1.165, 1.54) is 6.92 Å². The number of rotatable bonds is 10. The van der Waals surface area contributed by atoms with Crippen LogP contribution in [0.15, 0.2) is 54.6 Å². The summed E-state index contributed by atoms with van der Waals surface area (Å²) in [4.78, 5) is 40.9. The molecule has 0 aromatic heterocycles. The smallest absolute Gasteiger partial charge is 0.244 e. The van der Waals surface area contributed by atoms with Crippen LogP contribution < -0.4 is 10.6 Å². The van der Waals surface area contributed by atoms with Crippen LogP contribution in [-0.4, -0.2) is 53.7 Å². The van der Waals surface area contributed by atoms with E-state index >= 15 is 0 Å². The predicted octanol–water partition coefficient (Wildman–Crippen LogP) is 3.52. The molecule has 0 fully saturated rings. The molecule has 2 N–H and O–H groups in total. The van der Waals surface area contributed by atoms with Gasteiger partial charge in [-0.05, 0) is 50.2 Å². The first kappa shape index (κ1) is 24.1. The summed E-state index contributed by atoms with van der Waals surface area (Å²) in [5, 5.41) is 5.56. The van der Waals surface area contributed by atoms with Gasteiger partial charge in [-0.15, -0.1) is 0 Å². The van der Waals surface area contributed by atoms with Crippen LogP contribution in [0, 0.1) is 0 Å². The van der Waals surface area contributed by atoms with Crippen LogP contribution >= 0.6 is 0 Å². The van der Waals surface area contributed by atoms with E-state index in [9.17, 15) is 14.4 Å². The maximum atomic E-state index is 13.3. The topological polar surface area (TPSA) is 81.8 Å². The Hall–Kier alpha value is -3.19. The Morgan fingerprint density at radius 3 is 1.84 bits per heavy atom. The Morgan fingerprint density at radius 1 is 0.806 bits per heavy atom. The van der Waals surface area contributed by atoms with Crippen molar-refractivity contribution >= 4 is 29.1 Å². The maximum Gasteiger partial charge on any atom is 0.244 e. The van der Waals surface area contributed by atoms with Crippen molar-refractivity contribution in [2.75, 3.05) is 36.8 Å². The lowest BCUT2D eigenvalue weighted by Crippen LogP contribution is -2.45. The standard InChI is InChI=1S/C24H32N4O3/c1-5-27(6-2)24(31)23(19-11-9-8-10-12-19)28(7-3)17-22(30)26-21-15-13-20(14-16-21)25-18(4)29/h8-16,23H,5-7,17H2,1-4H3,(H,25,29)(H,26,30)/t23-/m1/s1. The van der Waals surface area contributed by atoms with Gasteiger partial charge in [0.25, 0.3) is 0 Å². The molecule has 0 unspecified atom stereocenters. The van der Waals surface area contributed by atoms with Crippen LogP contribution in [0.4, 0.5) is 11.4 Å². The Bertz CT molecular complexity index is 864. The van der Waals surface area contributed by atoms with Gasteiger partial charge in [0.2, 0.25) is 17.7 Å². The van der Waals surface area contributed by atoms with Gasteiger partial charge in [-0.1, -0.05) is 37.3 Å². The van der Waals surface area contributed by atoms with Gasteiger partial charge in [0, 0.05) is 31.4 Å². The Labute approximate surface area is 184 Å². The number of carbonyl (C=O) groups is 3. The minimum Gasteiger partial charge on any atom is -0.342 e. The zero-order valence-electron chi connectivity index (χ0n) is 18.7. The van der Waals surface area contributed by atoms with Crippen molar-refractivity contribution in [3.05, 3.63) is 60.2 Å². The molecule has 7 heteroatoms. The molecule has 0 spiro atoms. The molecule has 1 atom stereocenters. The van der Waals surface area contributed by atoms with Gasteiger partial charge in [-0.25, -0.2) is 0 Å². The average molecular weight is 425 g/mol. The van der Waals surface area contributed by atoms with E-state index in [4.69, 9.17) is 0 Å². The Balaban J connectivity index is 2.17. The number of hydrogen-bond donors (Lipinski definition) is 2. The Morgan fingerprint density at radius 2 is 1.35 bits per heavy atom. The van der Waals surface area contributed by atoms with E-state index in [0.717, 1.165) is 5.56 Å². The van der Waals surface area contributed by atoms with Gasteiger partial charge < -0.3 is 15.5 Å². The number of carbonyl (C=O) groups excluding carboxylic acids is 3. The largest absolute Gasteiger partial charge is 0.342 e. The van der Waals surface area contributed by atoms with Crippen molar-refractivity contribution in [3.8, 4) is 0 Å². The quantitative estimate of drug-likeness (QED) is 0.612. The minimum atomic E-state index is -0.529. The van der Waals surface area contributed by atoms with E-state index in [1.807, 2.05) is 56.0 Å². The molecule has 0 saturated carbocycles. The molecular weight excluding hydrogens is 392 g/mol. The molecule has 3 amide bonds. The van der Waals surface area contributed by atoms with E-state index in [0.29, 0.717) is 31.0 Å². The molecule has 0 aliphatic carbocycles. The van der Waals surface area contributed by atoms with Crippen molar-refractivity contribution in [1.82, 2.24) is 9.80 Å². The summed E-state index contributed by atoms with van der Waals surface area (Å²) in [7, 11) is 0. The highest BCUT2D eigenvalue weighted by Gasteiger charge is 2.30. The molecule has 0 saturated heterocycles. The highest BCUT2D eigenvalue weighted by molar-refractivity contribution is 5.94. The molecule has 2 aromatic rings. The van der Waals surface area contributed by atoms with Gasteiger partial charge >= 0.3 is 0 Å². The molecule has 7 nitrogen and oxygen atoms in total. The fourth-order valence-corrected chi connectivity index (χ4v) is 3.46. The van der Waals surface area contributed by atoms with Crippen molar-refractivity contribution in [2.45, 2.75) is 33.7 Å². The van der Waals surface area contributed by atoms with Gasteiger partial charge in [0.1, 0.15) is 6.04 Å². The summed E-state index contributed by atoms with van der Waals surface area (Å²) in [6.07, 6.45) is 0. The summed E-state index contributed by atoms with van der Waals surface area (Å²) >= 11 is 0. The number of hydrogen-bond acceptors (Lipinski definition) is 4. The fourth-order valence-electron chi connectivity index (χ4n) is 3.46. The summed E-state index contributed by atoms with van der Waals surface area (Å²) in [6, 6.07) is 16.0. The predicted molar refractivity (Wildman–Crippen MR) is 124 cm³/mol. The Kier molecular flexibility index (Phi) is 9.21. The first-order valence-corrected chi connectivity index (χ1v) is 10.6. The van der Waals surface area contributed by atoms with Crippen LogP contribution in [0.25, 0.3) is 0 Å². The van der Waals surface area contributed by atoms with Gasteiger partial charge in [-0.3, -0.25) is 19.3 Å². The summed E-state index contributed by atoms with van der Waals surface area (Å²) in [5.74, 6) is -0.367. The van der Waals surface area contributed by atoms with Crippen molar-refractivity contribution in [3.63, 3.8) is 0 Å². The molecule has 0 aliphatic rings. The summed E-state index contributed by atoms with van der Waals surface area (Å²) in [5.41, 5.74) is 2.16. The third-order valence-corrected chi connectivity index (χ3v) is 5.03. The zero-order valence-corrected chi connectivity index (χ0v) is 18.7. The van der Waals surface area contributed by atoms with E-state index < -0.39 is 6.04 Å². The SMILES string of the molecule is CCN(CC)C(=O)[C@@H](c1ccccc1)N(CC)CC(=O)Nc1ccc(NC(C)=O)cc1. The normalized spacial score (nSPS) is 11.6. The number of nitrogens with one attached hydrogen (secondary N) is 2. The molecule has 2 aromatic carbocycles. The van der Waals surface area contributed by atoms with Gasteiger partial charge in [-0.2, -0.15) is 0 Å². The summed E-state index contributed by atoms with van der Waals surface area (Å²) < 4.78 is 0. The third-order valence-electron chi connectivity index (χ3n) is 5.03. The van der Waals surface area contributed by atoms with Crippen molar-refractivity contribution in [2.24, 2.45) is 0 Å². The van der Waals surface area contributed by atoms with E-state index in [1.54, 1.807) is 29.2 Å². The molecule has 0 radical (unpaired) electrons. The lowest BCUT2D eigenvalue weighted by Gasteiger charge is -2.33. The van der Waals surface area contributed by atoms with Crippen LogP contribution in [0.5, 0.6) is 0 Å². The second kappa shape index (κ2) is 11.9. The van der Waals surface area contributed by atoms with E-state index in [2.05, 4.69) is 10.6 Å². The lowest BCUT2D eigenvalue weighted by atomic mass is 10.0. The van der Waals surface area contributed by atoms with E-state index in [-0.39, 0.29) is 24.3 Å². The molecule has 166 valence electrons. The van der Waals surface area contributed by atoms with Crippen LogP contribution in [-0.2, 0) is 14.4 Å². The zero-order chi connectivity index (χ0) is 22.8. The molecular formula is C24H32N4O3. The molecule has 0 heterocycles. The molecule has 0 aliphatic heterocycles. The number of likely N-dealkylation sites (N-methyl/N-ethyl adjacent to an activating group) is 2. The fraction of sp³-hybridized carbons (Fsp3) is 0.375. The lowest BCUT2D eigenvalue weighted by molar-refractivity contribution is -0.137. The molecule has 2 rings (SSSR count). The minimum absolute atomic E-state index is 0.00879. The van der Waals surface area contributed by atoms with Crippen LogP contribution in [0.2, 0.25) is 0 Å². The van der Waals surface area contributed by atoms with Gasteiger partial charge in [0.05, 0.1) is 6.54 Å². The number of amides is 3. The highest BCUT2D eigenvalue weighted by atomic mass is 16.2. The van der Waals surface area contributed by atoms with Crippen LogP contribution in [0.3, 0.4) is 0 Å². The average Bonchev–Trinajstić information content (AvgIpc) is 2.76. The first-order chi connectivity index (χ1) is 14.9. The number of benzene rings is 2. The molecule has 31 heavy (non-hydrogen) atoms. The highest BCUT2D eigenvalue weighted by Crippen LogP contribution is 2.23. The summed E-state index contributed by atoms with van der Waals surface area (Å²) in [6.45, 7) is 9.15. The second-order valence-corrected chi connectivity index (χ2v) is 7.19. The number of anilines is 2. The van der Waals surface area contributed by atoms with Crippen molar-refractivity contribution in [1.29, 1.82) is 0 Å². The van der Waals surface area contributed by atoms with Crippen molar-refractivity contribution < 1.29 is 14.4 Å².